The van der Waals surface area contributed by atoms with Crippen molar-refractivity contribution in [2.75, 3.05) is 19.1 Å². The highest BCUT2D eigenvalue weighted by Gasteiger charge is 2.07. The number of Topliss-reactive ketones (excluding diaryl/α,β-unsaturated/α-hetero) is 1. The summed E-state index contributed by atoms with van der Waals surface area (Å²) in [5, 5.41) is 0. The predicted octanol–water partition coefficient (Wildman–Crippen LogP) is 3.32. The summed E-state index contributed by atoms with van der Waals surface area (Å²) < 4.78 is 5.23. The fourth-order valence-electron chi connectivity index (χ4n) is 2.09. The first kappa shape index (κ1) is 15.0. The van der Waals surface area contributed by atoms with Gasteiger partial charge in [0.15, 0.2) is 5.78 Å². The second-order valence-corrected chi connectivity index (χ2v) is 4.89. The van der Waals surface area contributed by atoms with Crippen LogP contribution in [0.4, 0.5) is 5.69 Å². The molecule has 4 heteroatoms. The van der Waals surface area contributed by atoms with Gasteiger partial charge in [-0.2, -0.15) is 0 Å². The van der Waals surface area contributed by atoms with E-state index in [9.17, 15) is 4.79 Å². The minimum absolute atomic E-state index is 0.0667. The summed E-state index contributed by atoms with van der Waals surface area (Å²) in [7, 11) is 3.66. The van der Waals surface area contributed by atoms with Gasteiger partial charge in [-0.3, -0.25) is 9.78 Å². The van der Waals surface area contributed by atoms with Crippen molar-refractivity contribution in [3.05, 3.63) is 53.9 Å². The zero-order chi connectivity index (χ0) is 15.2. The summed E-state index contributed by atoms with van der Waals surface area (Å²) in [6.45, 7) is 2.59. The van der Waals surface area contributed by atoms with E-state index in [1.54, 1.807) is 19.4 Å². The molecule has 0 N–H and O–H groups in total. The number of nitrogens with zero attached hydrogens (tertiary/aromatic N) is 2. The zero-order valence-corrected chi connectivity index (χ0v) is 12.7. The molecule has 0 saturated heterocycles. The van der Waals surface area contributed by atoms with Crippen molar-refractivity contribution < 1.29 is 9.53 Å². The van der Waals surface area contributed by atoms with Crippen LogP contribution in [0.5, 0.6) is 5.75 Å². The quantitative estimate of drug-likeness (QED) is 0.763. The predicted molar refractivity (Wildman–Crippen MR) is 84.0 cm³/mol. The summed E-state index contributed by atoms with van der Waals surface area (Å²) in [5.74, 6) is 0.917. The van der Waals surface area contributed by atoms with E-state index >= 15 is 0 Å². The van der Waals surface area contributed by atoms with E-state index in [4.69, 9.17) is 4.74 Å². The first-order valence-electron chi connectivity index (χ1n) is 6.97. The first-order chi connectivity index (χ1) is 10.1. The molecule has 0 aliphatic rings. The monoisotopic (exact) mass is 284 g/mol. The van der Waals surface area contributed by atoms with Gasteiger partial charge in [0.1, 0.15) is 11.4 Å². The Morgan fingerprint density at radius 3 is 2.71 bits per heavy atom. The molecule has 0 fully saturated rings. The van der Waals surface area contributed by atoms with Crippen molar-refractivity contribution in [2.45, 2.75) is 19.9 Å². The fraction of sp³-hybridized carbons (Fsp3) is 0.294. The largest absolute Gasteiger partial charge is 0.497 e. The number of hydrogen-bond donors (Lipinski definition) is 0. The van der Waals surface area contributed by atoms with Crippen LogP contribution >= 0.6 is 0 Å². The molecule has 2 aromatic rings. The van der Waals surface area contributed by atoms with Crippen LogP contribution in [-0.4, -0.2) is 24.9 Å². The van der Waals surface area contributed by atoms with Crippen molar-refractivity contribution in [1.82, 2.24) is 4.98 Å². The van der Waals surface area contributed by atoms with Crippen molar-refractivity contribution in [1.29, 1.82) is 0 Å². The number of carbonyl (C=O) groups is 1. The maximum atomic E-state index is 11.6. The number of pyridine rings is 1. The van der Waals surface area contributed by atoms with Gasteiger partial charge in [0, 0.05) is 20.0 Å². The van der Waals surface area contributed by atoms with Gasteiger partial charge in [0.25, 0.3) is 0 Å². The summed E-state index contributed by atoms with van der Waals surface area (Å²) in [5.41, 5.74) is 2.66. The number of anilines is 1. The van der Waals surface area contributed by atoms with Crippen LogP contribution in [0, 0.1) is 0 Å². The lowest BCUT2D eigenvalue weighted by molar-refractivity contribution is 0.0983. The van der Waals surface area contributed by atoms with E-state index in [0.717, 1.165) is 23.5 Å². The standard InChI is InChI=1S/C17H20N2O2/c1-4-17(20)16-9-8-14(11-18-16)19(2)12-13-6-5-7-15(10-13)21-3/h5-11H,4,12H2,1-3H3. The zero-order valence-electron chi connectivity index (χ0n) is 12.7. The van der Waals surface area contributed by atoms with Gasteiger partial charge in [0.2, 0.25) is 0 Å². The summed E-state index contributed by atoms with van der Waals surface area (Å²) in [6.07, 6.45) is 2.22. The molecule has 0 aliphatic carbocycles. The third kappa shape index (κ3) is 3.81. The maximum absolute atomic E-state index is 11.6. The van der Waals surface area contributed by atoms with Crippen LogP contribution in [0.2, 0.25) is 0 Å². The normalized spacial score (nSPS) is 10.2. The van der Waals surface area contributed by atoms with Crippen LogP contribution < -0.4 is 9.64 Å². The van der Waals surface area contributed by atoms with Crippen LogP contribution in [-0.2, 0) is 6.54 Å². The highest BCUT2D eigenvalue weighted by molar-refractivity contribution is 5.94. The summed E-state index contributed by atoms with van der Waals surface area (Å²) in [6, 6.07) is 11.7. The van der Waals surface area contributed by atoms with E-state index in [1.807, 2.05) is 38.2 Å². The minimum atomic E-state index is 0.0667. The Bertz CT molecular complexity index is 608. The molecule has 0 radical (unpaired) electrons. The van der Waals surface area contributed by atoms with Crippen LogP contribution in [0.1, 0.15) is 29.4 Å². The van der Waals surface area contributed by atoms with Crippen molar-refractivity contribution in [3.8, 4) is 5.75 Å². The molecule has 0 atom stereocenters. The van der Waals surface area contributed by atoms with Crippen molar-refractivity contribution >= 4 is 11.5 Å². The first-order valence-corrected chi connectivity index (χ1v) is 6.97. The van der Waals surface area contributed by atoms with Gasteiger partial charge in [-0.05, 0) is 29.8 Å². The molecule has 0 aliphatic heterocycles. The number of hydrogen-bond acceptors (Lipinski definition) is 4. The Balaban J connectivity index is 2.09. The fourth-order valence-corrected chi connectivity index (χ4v) is 2.09. The third-order valence-corrected chi connectivity index (χ3v) is 3.35. The number of aromatic nitrogens is 1. The lowest BCUT2D eigenvalue weighted by Crippen LogP contribution is -2.17. The smallest absolute Gasteiger partial charge is 0.180 e. The van der Waals surface area contributed by atoms with Gasteiger partial charge >= 0.3 is 0 Å². The van der Waals surface area contributed by atoms with Crippen LogP contribution in [0.25, 0.3) is 0 Å². The molecule has 1 aromatic heterocycles. The molecule has 21 heavy (non-hydrogen) atoms. The van der Waals surface area contributed by atoms with Gasteiger partial charge in [0.05, 0.1) is 19.0 Å². The molecule has 0 amide bonds. The summed E-state index contributed by atoms with van der Waals surface area (Å²) in [4.78, 5) is 17.9. The molecule has 110 valence electrons. The molecule has 0 spiro atoms. The Morgan fingerprint density at radius 1 is 1.29 bits per heavy atom. The molecular formula is C17H20N2O2. The van der Waals surface area contributed by atoms with E-state index in [1.165, 1.54) is 0 Å². The molecule has 1 heterocycles. The highest BCUT2D eigenvalue weighted by Crippen LogP contribution is 2.18. The van der Waals surface area contributed by atoms with Gasteiger partial charge in [-0.25, -0.2) is 0 Å². The number of rotatable bonds is 6. The van der Waals surface area contributed by atoms with Gasteiger partial charge < -0.3 is 9.64 Å². The lowest BCUT2D eigenvalue weighted by Gasteiger charge is -2.19. The molecular weight excluding hydrogens is 264 g/mol. The molecule has 0 bridgehead atoms. The SMILES string of the molecule is CCC(=O)c1ccc(N(C)Cc2cccc(OC)c2)cn1. The molecule has 4 nitrogen and oxygen atoms in total. The Hall–Kier alpha value is -2.36. The average molecular weight is 284 g/mol. The number of carbonyl (C=O) groups excluding carboxylic acids is 1. The third-order valence-electron chi connectivity index (χ3n) is 3.35. The second-order valence-electron chi connectivity index (χ2n) is 4.89. The number of ketones is 1. The number of methoxy groups -OCH3 is 1. The van der Waals surface area contributed by atoms with Crippen LogP contribution in [0.15, 0.2) is 42.6 Å². The van der Waals surface area contributed by atoms with Gasteiger partial charge in [-0.1, -0.05) is 19.1 Å². The van der Waals surface area contributed by atoms with Crippen molar-refractivity contribution in [2.24, 2.45) is 0 Å². The summed E-state index contributed by atoms with van der Waals surface area (Å²) >= 11 is 0. The molecule has 0 saturated carbocycles. The van der Waals surface area contributed by atoms with Gasteiger partial charge in [-0.15, -0.1) is 0 Å². The Labute approximate surface area is 125 Å². The van der Waals surface area contributed by atoms with Crippen molar-refractivity contribution in [3.63, 3.8) is 0 Å². The van der Waals surface area contributed by atoms with E-state index in [2.05, 4.69) is 16.0 Å². The second kappa shape index (κ2) is 6.88. The number of ether oxygens (including phenoxy) is 1. The minimum Gasteiger partial charge on any atom is -0.497 e. The Morgan fingerprint density at radius 2 is 2.10 bits per heavy atom. The van der Waals surface area contributed by atoms with E-state index in [0.29, 0.717) is 12.1 Å². The Kier molecular flexibility index (Phi) is 4.93. The number of benzene rings is 1. The molecule has 0 unspecified atom stereocenters. The van der Waals surface area contributed by atoms with Crippen LogP contribution in [0.3, 0.4) is 0 Å². The van der Waals surface area contributed by atoms with E-state index < -0.39 is 0 Å². The average Bonchev–Trinajstić information content (AvgIpc) is 2.54. The molecule has 2 rings (SSSR count). The molecule has 1 aromatic carbocycles. The highest BCUT2D eigenvalue weighted by atomic mass is 16.5. The lowest BCUT2D eigenvalue weighted by atomic mass is 10.2. The van der Waals surface area contributed by atoms with E-state index in [-0.39, 0.29) is 5.78 Å². The maximum Gasteiger partial charge on any atom is 0.180 e. The topological polar surface area (TPSA) is 42.4 Å².